The Morgan fingerprint density at radius 3 is 2.03 bits per heavy atom. The van der Waals surface area contributed by atoms with E-state index in [1.807, 2.05) is 77.9 Å². The van der Waals surface area contributed by atoms with Crippen LogP contribution in [0.5, 0.6) is 0 Å². The van der Waals surface area contributed by atoms with Crippen LogP contribution in [-0.4, -0.2) is 43.3 Å². The van der Waals surface area contributed by atoms with Crippen LogP contribution in [0.1, 0.15) is 50.8 Å². The van der Waals surface area contributed by atoms with Crippen molar-refractivity contribution in [3.8, 4) is 0 Å². The minimum atomic E-state index is -4.09. The quantitative estimate of drug-likeness (QED) is 0.376. The van der Waals surface area contributed by atoms with Crippen molar-refractivity contribution >= 4 is 27.5 Å². The highest BCUT2D eigenvalue weighted by Crippen LogP contribution is 2.29. The molecule has 3 aromatic carbocycles. The Bertz CT molecular complexity index is 1380. The first-order valence-electron chi connectivity index (χ1n) is 13.1. The van der Waals surface area contributed by atoms with Crippen LogP contribution in [0.4, 0.5) is 5.69 Å². The van der Waals surface area contributed by atoms with Crippen molar-refractivity contribution in [2.75, 3.05) is 10.8 Å². The van der Waals surface area contributed by atoms with Crippen LogP contribution in [0.15, 0.2) is 83.8 Å². The number of hydrogen-bond acceptors (Lipinski definition) is 4. The molecule has 0 spiro atoms. The number of carbonyl (C=O) groups excluding carboxylic acids is 2. The third-order valence-electron chi connectivity index (χ3n) is 6.53. The van der Waals surface area contributed by atoms with Gasteiger partial charge in [-0.25, -0.2) is 8.42 Å². The molecule has 0 unspecified atom stereocenters. The zero-order chi connectivity index (χ0) is 28.8. The Morgan fingerprint density at radius 1 is 0.872 bits per heavy atom. The van der Waals surface area contributed by atoms with Crippen molar-refractivity contribution < 1.29 is 18.0 Å². The van der Waals surface area contributed by atoms with Gasteiger partial charge in [0.05, 0.1) is 10.6 Å². The van der Waals surface area contributed by atoms with Crippen molar-refractivity contribution in [1.82, 2.24) is 10.2 Å². The molecule has 208 valence electrons. The lowest BCUT2D eigenvalue weighted by Crippen LogP contribution is -2.55. The second-order valence-corrected chi connectivity index (χ2v) is 12.6. The zero-order valence-electron chi connectivity index (χ0n) is 23.6. The molecule has 0 aliphatic heterocycles. The molecule has 0 aromatic heterocycles. The number of carbonyl (C=O) groups is 2. The van der Waals surface area contributed by atoms with E-state index in [0.29, 0.717) is 12.1 Å². The summed E-state index contributed by atoms with van der Waals surface area (Å²) in [5.41, 5.74) is 2.45. The van der Waals surface area contributed by atoms with Gasteiger partial charge in [-0.1, -0.05) is 67.6 Å². The first-order valence-corrected chi connectivity index (χ1v) is 14.6. The number of nitrogens with zero attached hydrogens (tertiary/aromatic N) is 2. The van der Waals surface area contributed by atoms with Crippen LogP contribution >= 0.6 is 0 Å². The normalized spacial score (nSPS) is 12.5. The zero-order valence-corrected chi connectivity index (χ0v) is 24.5. The fourth-order valence-electron chi connectivity index (χ4n) is 4.39. The number of sulfonamides is 1. The van der Waals surface area contributed by atoms with Gasteiger partial charge in [-0.2, -0.15) is 0 Å². The third-order valence-corrected chi connectivity index (χ3v) is 8.31. The average Bonchev–Trinajstić information content (AvgIpc) is 2.89. The summed E-state index contributed by atoms with van der Waals surface area (Å²) in [5, 5.41) is 2.98. The van der Waals surface area contributed by atoms with Crippen LogP contribution in [0.3, 0.4) is 0 Å². The number of amides is 2. The van der Waals surface area contributed by atoms with E-state index in [-0.39, 0.29) is 17.3 Å². The highest BCUT2D eigenvalue weighted by Gasteiger charge is 2.35. The van der Waals surface area contributed by atoms with Crippen LogP contribution in [0, 0.1) is 13.8 Å². The lowest BCUT2D eigenvalue weighted by molar-refractivity contribution is -0.141. The van der Waals surface area contributed by atoms with E-state index in [4.69, 9.17) is 0 Å². The smallest absolute Gasteiger partial charge is 0.264 e. The summed E-state index contributed by atoms with van der Waals surface area (Å²) in [6, 6.07) is 22.1. The van der Waals surface area contributed by atoms with Crippen molar-refractivity contribution in [3.63, 3.8) is 0 Å². The van der Waals surface area contributed by atoms with E-state index < -0.39 is 34.1 Å². The molecule has 0 aliphatic rings. The number of rotatable bonds is 10. The van der Waals surface area contributed by atoms with Gasteiger partial charge in [0, 0.05) is 12.1 Å². The molecular formula is C31H39N3O4S. The van der Waals surface area contributed by atoms with E-state index in [9.17, 15) is 18.0 Å². The van der Waals surface area contributed by atoms with E-state index in [0.717, 1.165) is 16.7 Å². The molecule has 39 heavy (non-hydrogen) atoms. The second-order valence-electron chi connectivity index (χ2n) is 10.7. The van der Waals surface area contributed by atoms with Gasteiger partial charge >= 0.3 is 0 Å². The summed E-state index contributed by atoms with van der Waals surface area (Å²) in [6.45, 7) is 11.0. The predicted molar refractivity (Wildman–Crippen MR) is 156 cm³/mol. The standard InChI is InChI=1S/C31H39N3O4S/c1-7-27(30(36)32-31(4,5)6)33(21-25-16-10-8-11-17-25)29(35)22-34(28-20-14-15-23(2)24(28)3)39(37,38)26-18-12-9-13-19-26/h8-20,27H,7,21-22H2,1-6H3,(H,32,36)/t27-/m0/s1. The van der Waals surface area contributed by atoms with Gasteiger partial charge in [-0.3, -0.25) is 13.9 Å². The highest BCUT2D eigenvalue weighted by molar-refractivity contribution is 7.92. The SMILES string of the molecule is CC[C@@H](C(=O)NC(C)(C)C)N(Cc1ccccc1)C(=O)CN(c1cccc(C)c1C)S(=O)(=O)c1ccccc1. The van der Waals surface area contributed by atoms with Crippen LogP contribution in [0.2, 0.25) is 0 Å². The first kappa shape index (κ1) is 29.9. The van der Waals surface area contributed by atoms with Gasteiger partial charge in [-0.05, 0) is 75.9 Å². The molecule has 0 radical (unpaired) electrons. The minimum Gasteiger partial charge on any atom is -0.350 e. The Balaban J connectivity index is 2.09. The highest BCUT2D eigenvalue weighted by atomic mass is 32.2. The third kappa shape index (κ3) is 7.47. The fraction of sp³-hybridized carbons (Fsp3) is 0.355. The molecule has 2 amide bonds. The maximum atomic E-state index is 14.1. The number of anilines is 1. The Kier molecular flexibility index (Phi) is 9.56. The van der Waals surface area contributed by atoms with E-state index in [1.54, 1.807) is 30.3 Å². The molecule has 3 aromatic rings. The van der Waals surface area contributed by atoms with Crippen molar-refractivity contribution in [2.24, 2.45) is 0 Å². The molecular weight excluding hydrogens is 510 g/mol. The van der Waals surface area contributed by atoms with Gasteiger partial charge in [0.2, 0.25) is 11.8 Å². The lowest BCUT2D eigenvalue weighted by Gasteiger charge is -2.35. The lowest BCUT2D eigenvalue weighted by atomic mass is 10.1. The summed E-state index contributed by atoms with van der Waals surface area (Å²) in [7, 11) is -4.09. The molecule has 0 heterocycles. The summed E-state index contributed by atoms with van der Waals surface area (Å²) >= 11 is 0. The molecule has 8 heteroatoms. The predicted octanol–water partition coefficient (Wildman–Crippen LogP) is 5.22. The molecule has 1 atom stereocenters. The monoisotopic (exact) mass is 549 g/mol. The molecule has 1 N–H and O–H groups in total. The number of benzene rings is 3. The number of hydrogen-bond donors (Lipinski definition) is 1. The molecule has 0 saturated carbocycles. The Hall–Kier alpha value is -3.65. The van der Waals surface area contributed by atoms with Gasteiger partial charge in [-0.15, -0.1) is 0 Å². The van der Waals surface area contributed by atoms with Gasteiger partial charge in [0.1, 0.15) is 12.6 Å². The fourth-order valence-corrected chi connectivity index (χ4v) is 5.88. The maximum Gasteiger partial charge on any atom is 0.264 e. The largest absolute Gasteiger partial charge is 0.350 e. The van der Waals surface area contributed by atoms with Crippen molar-refractivity contribution in [3.05, 3.63) is 95.6 Å². The maximum absolute atomic E-state index is 14.1. The number of aryl methyl sites for hydroxylation is 1. The van der Waals surface area contributed by atoms with Gasteiger partial charge in [0.25, 0.3) is 10.0 Å². The summed E-state index contributed by atoms with van der Waals surface area (Å²) in [6.07, 6.45) is 0.370. The average molecular weight is 550 g/mol. The molecule has 3 rings (SSSR count). The molecule has 0 fully saturated rings. The molecule has 0 saturated heterocycles. The Morgan fingerprint density at radius 2 is 1.46 bits per heavy atom. The molecule has 0 aliphatic carbocycles. The number of nitrogens with one attached hydrogen (secondary N) is 1. The molecule has 0 bridgehead atoms. The summed E-state index contributed by atoms with van der Waals surface area (Å²) < 4.78 is 29.1. The van der Waals surface area contributed by atoms with Crippen LogP contribution in [-0.2, 0) is 26.2 Å². The van der Waals surface area contributed by atoms with E-state index >= 15 is 0 Å². The summed E-state index contributed by atoms with van der Waals surface area (Å²) in [5.74, 6) is -0.742. The van der Waals surface area contributed by atoms with Gasteiger partial charge < -0.3 is 10.2 Å². The topological polar surface area (TPSA) is 86.8 Å². The van der Waals surface area contributed by atoms with Crippen molar-refractivity contribution in [2.45, 2.75) is 71.0 Å². The van der Waals surface area contributed by atoms with E-state index in [2.05, 4.69) is 5.32 Å². The van der Waals surface area contributed by atoms with Crippen LogP contribution < -0.4 is 9.62 Å². The second kappa shape index (κ2) is 12.5. The first-order chi connectivity index (χ1) is 18.3. The summed E-state index contributed by atoms with van der Waals surface area (Å²) in [4.78, 5) is 29.1. The minimum absolute atomic E-state index is 0.0887. The van der Waals surface area contributed by atoms with E-state index in [1.165, 1.54) is 21.3 Å². The van der Waals surface area contributed by atoms with Crippen molar-refractivity contribution in [1.29, 1.82) is 0 Å². The Labute approximate surface area is 232 Å². The van der Waals surface area contributed by atoms with Gasteiger partial charge in [0.15, 0.2) is 0 Å². The van der Waals surface area contributed by atoms with Crippen LogP contribution in [0.25, 0.3) is 0 Å². The molecule has 7 nitrogen and oxygen atoms in total.